The highest BCUT2D eigenvalue weighted by atomic mass is 31.2. The number of amides is 1. The van der Waals surface area contributed by atoms with Crippen molar-refractivity contribution in [1.82, 2.24) is 5.32 Å². The summed E-state index contributed by atoms with van der Waals surface area (Å²) in [5.74, 6) is -0.188. The molecule has 0 saturated carbocycles. The lowest BCUT2D eigenvalue weighted by Crippen LogP contribution is -2.45. The lowest BCUT2D eigenvalue weighted by Gasteiger charge is -2.23. The molecule has 0 aromatic carbocycles. The molecule has 9 heteroatoms. The highest BCUT2D eigenvalue weighted by Gasteiger charge is 2.27. The fourth-order valence-electron chi connectivity index (χ4n) is 8.84. The molecule has 1 amide bonds. The number of aliphatic hydroxyl groups is 1. The zero-order valence-corrected chi connectivity index (χ0v) is 43.7. The number of hydrogen-bond acceptors (Lipinski definition) is 6. The molecule has 0 radical (unpaired) electrons. The molecule has 0 bridgehead atoms. The second kappa shape index (κ2) is 51.6. The van der Waals surface area contributed by atoms with Crippen molar-refractivity contribution < 1.29 is 28.4 Å². The number of nitrogens with one attached hydrogen (secondary N) is 1. The molecule has 8 nitrogen and oxygen atoms in total. The summed E-state index contributed by atoms with van der Waals surface area (Å²) in [4.78, 5) is 22.8. The summed E-state index contributed by atoms with van der Waals surface area (Å²) in [5, 5.41) is 13.7. The number of phosphoric acid groups is 1. The molecule has 382 valence electrons. The fraction of sp³-hybridized carbons (Fsp3) is 0.945. The number of phosphoric ester groups is 1. The summed E-state index contributed by atoms with van der Waals surface area (Å²) in [6, 6.07) is -0.855. The Bertz CT molecular complexity index is 1020. The van der Waals surface area contributed by atoms with Crippen molar-refractivity contribution in [3.63, 3.8) is 0 Å². The van der Waals surface area contributed by atoms with Crippen molar-refractivity contribution >= 4 is 13.7 Å². The van der Waals surface area contributed by atoms with Crippen molar-refractivity contribution in [2.24, 2.45) is 5.73 Å². The molecule has 0 aliphatic carbocycles. The second-order valence-corrected chi connectivity index (χ2v) is 21.0. The molecule has 0 rings (SSSR count). The summed E-state index contributed by atoms with van der Waals surface area (Å²) < 4.78 is 22.2. The van der Waals surface area contributed by atoms with Crippen molar-refractivity contribution in [2.75, 3.05) is 19.8 Å². The third kappa shape index (κ3) is 49.2. The predicted molar refractivity (Wildman–Crippen MR) is 277 cm³/mol. The fourth-order valence-corrected chi connectivity index (χ4v) is 9.60. The normalized spacial score (nSPS) is 13.8. The smallest absolute Gasteiger partial charge is 0.387 e. The Morgan fingerprint density at radius 1 is 0.500 bits per heavy atom. The highest BCUT2D eigenvalue weighted by molar-refractivity contribution is 7.47. The Morgan fingerprint density at radius 3 is 1.11 bits per heavy atom. The largest absolute Gasteiger partial charge is 0.472 e. The van der Waals surface area contributed by atoms with Crippen LogP contribution in [-0.2, 0) is 18.4 Å². The Kier molecular flexibility index (Phi) is 51.0. The molecule has 0 heterocycles. The minimum Gasteiger partial charge on any atom is -0.387 e. The molecule has 5 N–H and O–H groups in total. The first-order valence-electron chi connectivity index (χ1n) is 28.3. The number of allylic oxidation sites excluding steroid dienone is 1. The molecule has 0 saturated heterocycles. The van der Waals surface area contributed by atoms with Gasteiger partial charge in [-0.2, -0.15) is 0 Å². The van der Waals surface area contributed by atoms with Crippen molar-refractivity contribution in [1.29, 1.82) is 0 Å². The third-order valence-electron chi connectivity index (χ3n) is 13.1. The maximum atomic E-state index is 12.8. The summed E-state index contributed by atoms with van der Waals surface area (Å²) in [7, 11) is -4.34. The number of hydrogen-bond donors (Lipinski definition) is 4. The maximum absolute atomic E-state index is 12.8. The van der Waals surface area contributed by atoms with E-state index in [9.17, 15) is 19.4 Å². The van der Waals surface area contributed by atoms with Gasteiger partial charge in [0.25, 0.3) is 0 Å². The highest BCUT2D eigenvalue weighted by Crippen LogP contribution is 2.43. The van der Waals surface area contributed by atoms with E-state index >= 15 is 0 Å². The van der Waals surface area contributed by atoms with Gasteiger partial charge in [0.05, 0.1) is 25.4 Å². The van der Waals surface area contributed by atoms with E-state index in [0.717, 1.165) is 38.5 Å². The number of nitrogens with two attached hydrogens (primary N) is 1. The third-order valence-corrected chi connectivity index (χ3v) is 14.1. The van der Waals surface area contributed by atoms with E-state index in [1.165, 1.54) is 244 Å². The van der Waals surface area contributed by atoms with Crippen LogP contribution < -0.4 is 11.1 Å². The number of carbonyl (C=O) groups excluding carboxylic acids is 1. The van der Waals surface area contributed by atoms with Crippen molar-refractivity contribution in [2.45, 2.75) is 315 Å². The van der Waals surface area contributed by atoms with Gasteiger partial charge >= 0.3 is 7.82 Å². The lowest BCUT2D eigenvalue weighted by molar-refractivity contribution is -0.123. The van der Waals surface area contributed by atoms with Gasteiger partial charge < -0.3 is 21.1 Å². The Morgan fingerprint density at radius 2 is 0.797 bits per heavy atom. The summed E-state index contributed by atoms with van der Waals surface area (Å²) in [5.41, 5.74) is 5.39. The van der Waals surface area contributed by atoms with Gasteiger partial charge in [-0.1, -0.05) is 289 Å². The van der Waals surface area contributed by atoms with E-state index in [-0.39, 0.29) is 25.7 Å². The van der Waals surface area contributed by atoms with Crippen LogP contribution in [0.15, 0.2) is 12.2 Å². The van der Waals surface area contributed by atoms with Crippen LogP contribution in [0.25, 0.3) is 0 Å². The zero-order valence-electron chi connectivity index (χ0n) is 42.8. The van der Waals surface area contributed by atoms with Crippen LogP contribution in [0.5, 0.6) is 0 Å². The standard InChI is InChI=1S/C55H111N2O6P/c1-3-5-7-9-11-13-15-16-17-18-19-20-21-22-23-24-25-26-27-28-29-30-31-32-33-34-35-36-37-39-41-43-45-47-49-55(59)57-53(52-63-64(60,61)62-51-50-56)54(58)48-46-44-42-40-38-14-12-10-8-6-4-2/h46,48,53-54,58H,3-45,47,49-52,56H2,1-2H3,(H,57,59)(H,60,61)/b48-46+/t53-,54+/m0/s1. The van der Waals surface area contributed by atoms with Gasteiger partial charge in [-0.15, -0.1) is 0 Å². The van der Waals surface area contributed by atoms with Gasteiger partial charge in [0, 0.05) is 13.0 Å². The summed E-state index contributed by atoms with van der Waals surface area (Å²) >= 11 is 0. The molecule has 1 unspecified atom stereocenters. The van der Waals surface area contributed by atoms with E-state index in [1.807, 2.05) is 6.08 Å². The molecular weight excluding hydrogens is 816 g/mol. The van der Waals surface area contributed by atoms with E-state index in [0.29, 0.717) is 6.42 Å². The van der Waals surface area contributed by atoms with Gasteiger partial charge in [0.1, 0.15) is 0 Å². The lowest BCUT2D eigenvalue weighted by atomic mass is 10.0. The van der Waals surface area contributed by atoms with Crippen LogP contribution in [-0.4, -0.2) is 47.8 Å². The van der Waals surface area contributed by atoms with E-state index in [1.54, 1.807) is 6.08 Å². The van der Waals surface area contributed by atoms with E-state index in [2.05, 4.69) is 19.2 Å². The molecule has 0 aromatic heterocycles. The van der Waals surface area contributed by atoms with Crippen LogP contribution in [0.4, 0.5) is 0 Å². The topological polar surface area (TPSA) is 131 Å². The van der Waals surface area contributed by atoms with Crippen LogP contribution in [0, 0.1) is 0 Å². The molecule has 0 aliphatic rings. The average molecular weight is 927 g/mol. The maximum Gasteiger partial charge on any atom is 0.472 e. The van der Waals surface area contributed by atoms with Gasteiger partial charge in [-0.3, -0.25) is 13.8 Å². The second-order valence-electron chi connectivity index (χ2n) is 19.5. The number of unbranched alkanes of at least 4 members (excludes halogenated alkanes) is 42. The summed E-state index contributed by atoms with van der Waals surface area (Å²) in [6.07, 6.45) is 61.8. The van der Waals surface area contributed by atoms with Gasteiger partial charge in [0.2, 0.25) is 5.91 Å². The van der Waals surface area contributed by atoms with Gasteiger partial charge in [0.15, 0.2) is 0 Å². The van der Waals surface area contributed by atoms with Crippen LogP contribution in [0.2, 0.25) is 0 Å². The molecule has 3 atom stereocenters. The minimum atomic E-state index is -4.34. The SMILES string of the molecule is CCCCCCCCCCC/C=C/[C@@H](O)[C@H](COP(=O)(O)OCCN)NC(=O)CCCCCCCCCCCCCCCCCCCCCCCCCCCCCCCCCCCC. The predicted octanol–water partition coefficient (Wildman–Crippen LogP) is 17.1. The van der Waals surface area contributed by atoms with E-state index in [4.69, 9.17) is 14.8 Å². The molecule has 0 fully saturated rings. The van der Waals surface area contributed by atoms with Crippen LogP contribution >= 0.6 is 7.82 Å². The van der Waals surface area contributed by atoms with E-state index < -0.39 is 20.0 Å². The Hall–Kier alpha value is -0.760. The number of carbonyl (C=O) groups is 1. The molecule has 0 spiro atoms. The zero-order chi connectivity index (χ0) is 46.7. The number of aliphatic hydroxyl groups excluding tert-OH is 1. The van der Waals surface area contributed by atoms with Crippen molar-refractivity contribution in [3.8, 4) is 0 Å². The molecular formula is C55H111N2O6P. The van der Waals surface area contributed by atoms with Crippen molar-refractivity contribution in [3.05, 3.63) is 12.2 Å². The monoisotopic (exact) mass is 927 g/mol. The average Bonchev–Trinajstić information content (AvgIpc) is 3.29. The van der Waals surface area contributed by atoms with Crippen LogP contribution in [0.3, 0.4) is 0 Å². The Balaban J connectivity index is 3.74. The molecule has 0 aliphatic heterocycles. The van der Waals surface area contributed by atoms with Gasteiger partial charge in [-0.05, 0) is 19.3 Å². The van der Waals surface area contributed by atoms with Crippen LogP contribution in [0.1, 0.15) is 303 Å². The Labute approximate surface area is 398 Å². The number of rotatable bonds is 54. The molecule has 64 heavy (non-hydrogen) atoms. The first-order chi connectivity index (χ1) is 31.4. The summed E-state index contributed by atoms with van der Waals surface area (Å²) in [6.45, 7) is 4.16. The quantitative estimate of drug-likeness (QED) is 0.0271. The molecule has 0 aromatic rings. The minimum absolute atomic E-state index is 0.0814. The first kappa shape index (κ1) is 63.2. The first-order valence-corrected chi connectivity index (χ1v) is 29.8. The van der Waals surface area contributed by atoms with Gasteiger partial charge in [-0.25, -0.2) is 4.57 Å².